The largest absolute Gasteiger partial charge is 0.271 e. The first-order valence-corrected chi connectivity index (χ1v) is 5.71. The number of hydrogen-bond acceptors (Lipinski definition) is 5. The van der Waals surface area contributed by atoms with Gasteiger partial charge in [0, 0.05) is 11.5 Å². The molecule has 0 heterocycles. The van der Waals surface area contributed by atoms with Crippen LogP contribution in [0.15, 0.2) is 0 Å². The number of rotatable bonds is 5. The first-order chi connectivity index (χ1) is 5.04. The summed E-state index contributed by atoms with van der Waals surface area (Å²) in [7, 11) is -3.51. The molecule has 0 amide bonds. The molecular weight excluding hydrogens is 204 g/mol. The van der Waals surface area contributed by atoms with Crippen LogP contribution in [0.4, 0.5) is 0 Å². The minimum atomic E-state index is -3.51. The predicted molar refractivity (Wildman–Crippen MR) is 51.7 cm³/mol. The highest BCUT2D eigenvalue weighted by atomic mass is 32.2. The molecule has 0 fully saturated rings. The summed E-state index contributed by atoms with van der Waals surface area (Å²) >= 11 is 7.59. The Bertz CT molecular complexity index is 187. The van der Waals surface area contributed by atoms with Crippen LogP contribution in [-0.2, 0) is 14.3 Å². The normalized spacial score (nSPS) is 14.8. The standard InChI is InChI=1S/C5H11O3S3/c1-5(4-10)11(6,7)8-2-3-9/h5,9-10H,1-4H2. The third kappa shape index (κ3) is 4.25. The van der Waals surface area contributed by atoms with Gasteiger partial charge in [0.25, 0.3) is 10.1 Å². The lowest BCUT2D eigenvalue weighted by molar-refractivity contribution is 0.339. The van der Waals surface area contributed by atoms with Crippen molar-refractivity contribution in [1.29, 1.82) is 0 Å². The second-order valence-electron chi connectivity index (χ2n) is 1.84. The van der Waals surface area contributed by atoms with Crippen LogP contribution in [0.5, 0.6) is 0 Å². The second-order valence-corrected chi connectivity index (χ2v) is 4.54. The van der Waals surface area contributed by atoms with E-state index in [1.807, 2.05) is 0 Å². The van der Waals surface area contributed by atoms with Crippen molar-refractivity contribution in [3.05, 3.63) is 6.92 Å². The fraction of sp³-hybridized carbons (Fsp3) is 0.800. The lowest BCUT2D eigenvalue weighted by Gasteiger charge is -2.08. The summed E-state index contributed by atoms with van der Waals surface area (Å²) in [5.41, 5.74) is 0. The van der Waals surface area contributed by atoms with Crippen molar-refractivity contribution in [2.45, 2.75) is 5.25 Å². The molecule has 0 aromatic heterocycles. The maximum absolute atomic E-state index is 11.0. The van der Waals surface area contributed by atoms with Crippen molar-refractivity contribution in [3.63, 3.8) is 0 Å². The highest BCUT2D eigenvalue weighted by Crippen LogP contribution is 2.04. The molecule has 0 aromatic rings. The molecule has 0 aliphatic rings. The van der Waals surface area contributed by atoms with Crippen LogP contribution >= 0.6 is 25.3 Å². The van der Waals surface area contributed by atoms with E-state index in [1.54, 1.807) is 0 Å². The fourth-order valence-corrected chi connectivity index (χ4v) is 1.79. The maximum atomic E-state index is 11.0. The Labute approximate surface area is 78.5 Å². The molecule has 3 nitrogen and oxygen atoms in total. The predicted octanol–water partition coefficient (Wildman–Crippen LogP) is 0.395. The van der Waals surface area contributed by atoms with Gasteiger partial charge in [-0.2, -0.15) is 33.7 Å². The highest BCUT2D eigenvalue weighted by molar-refractivity contribution is 7.89. The Morgan fingerprint density at radius 2 is 2.00 bits per heavy atom. The molecule has 0 N–H and O–H groups in total. The average molecular weight is 215 g/mol. The van der Waals surface area contributed by atoms with Crippen molar-refractivity contribution in [1.82, 2.24) is 0 Å². The molecule has 1 unspecified atom stereocenters. The van der Waals surface area contributed by atoms with Gasteiger partial charge in [0.15, 0.2) is 0 Å². The van der Waals surface area contributed by atoms with Crippen molar-refractivity contribution < 1.29 is 12.6 Å². The Hall–Kier alpha value is 0.610. The molecule has 1 radical (unpaired) electrons. The molecule has 0 aromatic carbocycles. The van der Waals surface area contributed by atoms with Crippen molar-refractivity contribution in [2.24, 2.45) is 0 Å². The smallest absolute Gasteiger partial charge is 0.269 e. The second kappa shape index (κ2) is 5.29. The van der Waals surface area contributed by atoms with Gasteiger partial charge in [0.05, 0.1) is 11.9 Å². The van der Waals surface area contributed by atoms with E-state index < -0.39 is 15.4 Å². The van der Waals surface area contributed by atoms with Gasteiger partial charge in [-0.15, -0.1) is 0 Å². The summed E-state index contributed by atoms with van der Waals surface area (Å²) in [5.74, 6) is 0.535. The van der Waals surface area contributed by atoms with Gasteiger partial charge in [0.1, 0.15) is 0 Å². The molecule has 6 heteroatoms. The summed E-state index contributed by atoms with van der Waals surface area (Å²) in [6.45, 7) is 3.46. The van der Waals surface area contributed by atoms with Crippen molar-refractivity contribution >= 4 is 35.4 Å². The average Bonchev–Trinajstić information content (AvgIpc) is 1.99. The quantitative estimate of drug-likeness (QED) is 0.515. The molecule has 67 valence electrons. The van der Waals surface area contributed by atoms with Crippen molar-refractivity contribution in [2.75, 3.05) is 18.1 Å². The molecule has 0 saturated heterocycles. The first kappa shape index (κ1) is 11.6. The monoisotopic (exact) mass is 215 g/mol. The SMILES string of the molecule is [CH2]C(CS)S(=O)(=O)OCCS. The van der Waals surface area contributed by atoms with E-state index in [0.29, 0.717) is 5.75 Å². The van der Waals surface area contributed by atoms with E-state index in [4.69, 9.17) is 0 Å². The molecule has 11 heavy (non-hydrogen) atoms. The number of thiol groups is 2. The Balaban J connectivity index is 4.01. The van der Waals surface area contributed by atoms with E-state index in [-0.39, 0.29) is 12.4 Å². The van der Waals surface area contributed by atoms with Gasteiger partial charge >= 0.3 is 0 Å². The third-order valence-electron chi connectivity index (χ3n) is 0.951. The fourth-order valence-electron chi connectivity index (χ4n) is 0.341. The maximum Gasteiger partial charge on any atom is 0.271 e. The molecule has 0 spiro atoms. The molecule has 0 aliphatic carbocycles. The van der Waals surface area contributed by atoms with E-state index >= 15 is 0 Å². The van der Waals surface area contributed by atoms with E-state index in [2.05, 4.69) is 36.4 Å². The zero-order valence-electron chi connectivity index (χ0n) is 5.93. The lowest BCUT2D eigenvalue weighted by Crippen LogP contribution is -2.23. The van der Waals surface area contributed by atoms with Crippen LogP contribution in [0.3, 0.4) is 0 Å². The zero-order valence-corrected chi connectivity index (χ0v) is 8.54. The summed E-state index contributed by atoms with van der Waals surface area (Å²) in [6, 6.07) is 0. The Morgan fingerprint density at radius 1 is 1.45 bits per heavy atom. The molecule has 0 saturated carbocycles. The highest BCUT2D eigenvalue weighted by Gasteiger charge is 2.19. The van der Waals surface area contributed by atoms with Crippen LogP contribution in [0.1, 0.15) is 0 Å². The van der Waals surface area contributed by atoms with Gasteiger partial charge < -0.3 is 0 Å². The Morgan fingerprint density at radius 3 is 2.36 bits per heavy atom. The molecule has 0 bridgehead atoms. The molecular formula is C5H11O3S3. The topological polar surface area (TPSA) is 43.4 Å². The molecule has 0 aliphatic heterocycles. The van der Waals surface area contributed by atoms with Crippen LogP contribution in [-0.4, -0.2) is 31.8 Å². The van der Waals surface area contributed by atoms with Gasteiger partial charge in [-0.25, -0.2) is 0 Å². The minimum absolute atomic E-state index is 0.0885. The molecule has 0 rings (SSSR count). The Kier molecular flexibility index (Phi) is 5.58. The van der Waals surface area contributed by atoms with Crippen LogP contribution in [0, 0.1) is 6.92 Å². The van der Waals surface area contributed by atoms with Crippen LogP contribution < -0.4 is 0 Å². The van der Waals surface area contributed by atoms with Gasteiger partial charge in [-0.1, -0.05) is 0 Å². The van der Waals surface area contributed by atoms with Gasteiger partial charge in [-0.05, 0) is 6.92 Å². The summed E-state index contributed by atoms with van der Waals surface area (Å²) < 4.78 is 26.4. The summed E-state index contributed by atoms with van der Waals surface area (Å²) in [4.78, 5) is 0. The van der Waals surface area contributed by atoms with E-state index in [9.17, 15) is 8.42 Å². The molecule has 1 atom stereocenters. The third-order valence-corrected chi connectivity index (χ3v) is 3.30. The van der Waals surface area contributed by atoms with E-state index in [1.165, 1.54) is 0 Å². The van der Waals surface area contributed by atoms with Gasteiger partial charge in [-0.3, -0.25) is 4.18 Å². The van der Waals surface area contributed by atoms with Gasteiger partial charge in [0.2, 0.25) is 0 Å². The summed E-state index contributed by atoms with van der Waals surface area (Å²) in [5, 5.41) is -0.800. The number of hydrogen-bond donors (Lipinski definition) is 2. The first-order valence-electron chi connectivity index (χ1n) is 2.97. The zero-order chi connectivity index (χ0) is 8.91. The van der Waals surface area contributed by atoms with E-state index in [0.717, 1.165) is 0 Å². The summed E-state index contributed by atoms with van der Waals surface area (Å²) in [6.07, 6.45) is 0. The lowest BCUT2D eigenvalue weighted by atomic mass is 10.6. The van der Waals surface area contributed by atoms with Crippen LogP contribution in [0.2, 0.25) is 0 Å². The van der Waals surface area contributed by atoms with Crippen LogP contribution in [0.25, 0.3) is 0 Å². The minimum Gasteiger partial charge on any atom is -0.269 e. The van der Waals surface area contributed by atoms with Crippen molar-refractivity contribution in [3.8, 4) is 0 Å².